The number of hydrogen-bond acceptors (Lipinski definition) is 4. The predicted octanol–water partition coefficient (Wildman–Crippen LogP) is 5.24. The molecule has 1 aliphatic carbocycles. The molecule has 3 N–H and O–H groups in total. The number of carboxylic acids is 1. The van der Waals surface area contributed by atoms with Crippen molar-refractivity contribution in [2.75, 3.05) is 19.7 Å². The highest BCUT2D eigenvalue weighted by molar-refractivity contribution is 5.79. The van der Waals surface area contributed by atoms with E-state index in [1.165, 1.54) is 22.3 Å². The zero-order valence-electron chi connectivity index (χ0n) is 20.3. The van der Waals surface area contributed by atoms with Gasteiger partial charge in [-0.25, -0.2) is 4.79 Å². The minimum Gasteiger partial charge on any atom is -0.481 e. The fourth-order valence-corrected chi connectivity index (χ4v) is 4.50. The van der Waals surface area contributed by atoms with Gasteiger partial charge in [0.05, 0.1) is 0 Å². The van der Waals surface area contributed by atoms with Crippen molar-refractivity contribution in [1.29, 1.82) is 0 Å². The molecule has 35 heavy (non-hydrogen) atoms. The van der Waals surface area contributed by atoms with Gasteiger partial charge in [0.1, 0.15) is 6.61 Å². The molecule has 0 aliphatic heterocycles. The van der Waals surface area contributed by atoms with Crippen molar-refractivity contribution in [3.8, 4) is 11.1 Å². The van der Waals surface area contributed by atoms with Gasteiger partial charge in [-0.1, -0.05) is 67.8 Å². The molecular weight excluding hydrogens is 444 g/mol. The molecule has 0 saturated heterocycles. The average molecular weight is 481 g/mol. The number of aliphatic carboxylic acids is 1. The lowest BCUT2D eigenvalue weighted by Gasteiger charge is -2.14. The molecule has 3 rings (SSSR count). The van der Waals surface area contributed by atoms with E-state index in [2.05, 4.69) is 34.9 Å². The van der Waals surface area contributed by atoms with E-state index in [0.717, 1.165) is 32.1 Å². The van der Waals surface area contributed by atoms with Crippen LogP contribution < -0.4 is 10.6 Å². The van der Waals surface area contributed by atoms with E-state index in [1.807, 2.05) is 24.3 Å². The Bertz CT molecular complexity index is 945. The van der Waals surface area contributed by atoms with Crippen molar-refractivity contribution < 1.29 is 24.2 Å². The summed E-state index contributed by atoms with van der Waals surface area (Å²) >= 11 is 0. The molecule has 0 atom stereocenters. The number of carbonyl (C=O) groups is 3. The average Bonchev–Trinajstić information content (AvgIpc) is 3.17. The molecule has 0 unspecified atom stereocenters. The van der Waals surface area contributed by atoms with Crippen LogP contribution in [-0.2, 0) is 14.3 Å². The number of fused-ring (bicyclic) bond motifs is 3. The van der Waals surface area contributed by atoms with Gasteiger partial charge < -0.3 is 20.5 Å². The first kappa shape index (κ1) is 26.3. The van der Waals surface area contributed by atoms with Crippen molar-refractivity contribution in [3.05, 3.63) is 59.7 Å². The molecule has 7 heteroatoms. The van der Waals surface area contributed by atoms with E-state index in [0.29, 0.717) is 39.0 Å². The first-order valence-corrected chi connectivity index (χ1v) is 12.6. The van der Waals surface area contributed by atoms with Crippen LogP contribution in [0.3, 0.4) is 0 Å². The number of benzene rings is 2. The fraction of sp³-hybridized carbons (Fsp3) is 0.464. The monoisotopic (exact) mass is 480 g/mol. The van der Waals surface area contributed by atoms with Crippen molar-refractivity contribution in [2.45, 2.75) is 63.7 Å². The standard InChI is InChI=1S/C28H36N2O5/c31-26(29-18-11-9-17-27(32)33)16-4-2-1-3-10-19-30-28(34)35-20-25-23-14-7-5-12-21(23)22-13-6-8-15-24(22)25/h5-8,12-15,25H,1-4,9-11,16-20H2,(H,29,31)(H,30,34)(H,32,33). The van der Waals surface area contributed by atoms with Gasteiger partial charge in [0.2, 0.25) is 5.91 Å². The Morgan fingerprint density at radius 1 is 0.714 bits per heavy atom. The third-order valence-corrected chi connectivity index (χ3v) is 6.33. The fourth-order valence-electron chi connectivity index (χ4n) is 4.50. The van der Waals surface area contributed by atoms with E-state index < -0.39 is 5.97 Å². The normalized spacial score (nSPS) is 12.0. The summed E-state index contributed by atoms with van der Waals surface area (Å²) in [6, 6.07) is 16.6. The number of ether oxygens (including phenoxy) is 1. The maximum absolute atomic E-state index is 12.2. The van der Waals surface area contributed by atoms with Gasteiger partial charge >= 0.3 is 12.1 Å². The van der Waals surface area contributed by atoms with E-state index >= 15 is 0 Å². The second-order valence-corrected chi connectivity index (χ2v) is 8.97. The molecule has 2 aromatic carbocycles. The Morgan fingerprint density at radius 3 is 1.94 bits per heavy atom. The van der Waals surface area contributed by atoms with Gasteiger partial charge in [0.25, 0.3) is 0 Å². The summed E-state index contributed by atoms with van der Waals surface area (Å²) in [5.41, 5.74) is 4.83. The van der Waals surface area contributed by atoms with Crippen LogP contribution in [0, 0.1) is 0 Å². The van der Waals surface area contributed by atoms with Gasteiger partial charge in [-0.2, -0.15) is 0 Å². The van der Waals surface area contributed by atoms with Gasteiger partial charge in [0, 0.05) is 31.8 Å². The van der Waals surface area contributed by atoms with Crippen molar-refractivity contribution >= 4 is 18.0 Å². The summed E-state index contributed by atoms with van der Waals surface area (Å²) < 4.78 is 5.55. The predicted molar refractivity (Wildman–Crippen MR) is 135 cm³/mol. The van der Waals surface area contributed by atoms with Crippen molar-refractivity contribution in [3.63, 3.8) is 0 Å². The van der Waals surface area contributed by atoms with E-state index in [-0.39, 0.29) is 24.3 Å². The first-order valence-electron chi connectivity index (χ1n) is 12.6. The van der Waals surface area contributed by atoms with Gasteiger partial charge in [-0.3, -0.25) is 9.59 Å². The number of hydrogen-bond donors (Lipinski definition) is 3. The Morgan fingerprint density at radius 2 is 1.26 bits per heavy atom. The summed E-state index contributed by atoms with van der Waals surface area (Å²) in [6.45, 7) is 1.43. The third kappa shape index (κ3) is 8.42. The van der Waals surface area contributed by atoms with Crippen LogP contribution in [0.5, 0.6) is 0 Å². The van der Waals surface area contributed by atoms with Crippen LogP contribution in [0.15, 0.2) is 48.5 Å². The largest absolute Gasteiger partial charge is 0.481 e. The molecule has 0 aromatic heterocycles. The van der Waals surface area contributed by atoms with E-state index in [4.69, 9.17) is 9.84 Å². The lowest BCUT2D eigenvalue weighted by molar-refractivity contribution is -0.137. The lowest BCUT2D eigenvalue weighted by atomic mass is 9.98. The molecule has 2 aromatic rings. The molecule has 0 bridgehead atoms. The van der Waals surface area contributed by atoms with Crippen LogP contribution in [-0.4, -0.2) is 42.8 Å². The van der Waals surface area contributed by atoms with Crippen molar-refractivity contribution in [2.24, 2.45) is 0 Å². The Hall–Kier alpha value is -3.35. The van der Waals surface area contributed by atoms with Crippen LogP contribution >= 0.6 is 0 Å². The Labute approximate surface area is 207 Å². The Balaban J connectivity index is 1.21. The minimum absolute atomic E-state index is 0.0252. The van der Waals surface area contributed by atoms with E-state index in [1.54, 1.807) is 0 Å². The maximum Gasteiger partial charge on any atom is 0.407 e. The lowest BCUT2D eigenvalue weighted by Crippen LogP contribution is -2.27. The molecule has 0 fully saturated rings. The van der Waals surface area contributed by atoms with Crippen LogP contribution in [0.2, 0.25) is 0 Å². The number of amides is 2. The first-order chi connectivity index (χ1) is 17.1. The van der Waals surface area contributed by atoms with Crippen LogP contribution in [0.25, 0.3) is 11.1 Å². The van der Waals surface area contributed by atoms with E-state index in [9.17, 15) is 14.4 Å². The third-order valence-electron chi connectivity index (χ3n) is 6.33. The summed E-state index contributed by atoms with van der Waals surface area (Å²) in [5.74, 6) is -0.711. The second-order valence-electron chi connectivity index (χ2n) is 8.97. The molecule has 7 nitrogen and oxygen atoms in total. The Kier molecular flexibility index (Phi) is 10.6. The molecule has 0 radical (unpaired) electrons. The number of nitrogens with one attached hydrogen (secondary N) is 2. The summed E-state index contributed by atoms with van der Waals surface area (Å²) in [7, 11) is 0. The highest BCUT2D eigenvalue weighted by Crippen LogP contribution is 2.44. The highest BCUT2D eigenvalue weighted by atomic mass is 16.5. The maximum atomic E-state index is 12.2. The van der Waals surface area contributed by atoms with Gasteiger partial charge in [-0.15, -0.1) is 0 Å². The molecule has 0 saturated carbocycles. The number of carboxylic acid groups (broad SMARTS) is 1. The number of rotatable bonds is 15. The van der Waals surface area contributed by atoms with Crippen LogP contribution in [0.1, 0.15) is 74.8 Å². The zero-order chi connectivity index (χ0) is 24.9. The highest BCUT2D eigenvalue weighted by Gasteiger charge is 2.28. The molecule has 1 aliphatic rings. The van der Waals surface area contributed by atoms with Gasteiger partial charge in [-0.05, 0) is 47.9 Å². The number of unbranched alkanes of at least 4 members (excludes halogenated alkanes) is 5. The molecular formula is C28H36N2O5. The number of alkyl carbamates (subject to hydrolysis) is 1. The molecule has 0 spiro atoms. The smallest absolute Gasteiger partial charge is 0.407 e. The minimum atomic E-state index is -0.801. The quantitative estimate of drug-likeness (QED) is 0.303. The zero-order valence-corrected chi connectivity index (χ0v) is 20.3. The topological polar surface area (TPSA) is 105 Å². The summed E-state index contributed by atoms with van der Waals surface area (Å²) in [5, 5.41) is 14.3. The summed E-state index contributed by atoms with van der Waals surface area (Å²) in [6.07, 6.45) is 6.21. The molecule has 188 valence electrons. The molecule has 0 heterocycles. The SMILES string of the molecule is O=C(O)CCCCNC(=O)CCCCCCCNC(=O)OCC1c2ccccc2-c2ccccc21. The van der Waals surface area contributed by atoms with Gasteiger partial charge in [0.15, 0.2) is 0 Å². The number of carbonyl (C=O) groups excluding carboxylic acids is 2. The summed E-state index contributed by atoms with van der Waals surface area (Å²) in [4.78, 5) is 34.4. The second kappa shape index (κ2) is 14.1. The molecule has 2 amide bonds. The van der Waals surface area contributed by atoms with Crippen molar-refractivity contribution in [1.82, 2.24) is 10.6 Å². The van der Waals surface area contributed by atoms with Crippen LogP contribution in [0.4, 0.5) is 4.79 Å².